The lowest BCUT2D eigenvalue weighted by Gasteiger charge is -2.11. The molecule has 0 unspecified atom stereocenters. The summed E-state index contributed by atoms with van der Waals surface area (Å²) in [5, 5.41) is 4.12. The summed E-state index contributed by atoms with van der Waals surface area (Å²) < 4.78 is 44.9. The number of nitrogens with two attached hydrogens (primary N) is 1. The molecule has 4 heterocycles. The van der Waals surface area contributed by atoms with Crippen LogP contribution in [0.15, 0.2) is 29.0 Å². The molecular formula is C15H10F3N7O. The summed E-state index contributed by atoms with van der Waals surface area (Å²) in [6, 6.07) is 3.17. The first-order valence-electron chi connectivity index (χ1n) is 7.32. The van der Waals surface area contributed by atoms with Crippen molar-refractivity contribution in [2.75, 3.05) is 5.73 Å². The molecular weight excluding hydrogens is 351 g/mol. The van der Waals surface area contributed by atoms with E-state index < -0.39 is 11.7 Å². The quantitative estimate of drug-likeness (QED) is 0.563. The van der Waals surface area contributed by atoms with Crippen LogP contribution in [0, 0.1) is 6.92 Å². The number of aryl methyl sites for hydroxylation is 1. The number of pyridine rings is 1. The molecule has 0 aliphatic rings. The van der Waals surface area contributed by atoms with Gasteiger partial charge in [0.05, 0.1) is 5.69 Å². The van der Waals surface area contributed by atoms with Crippen LogP contribution in [0.1, 0.15) is 11.4 Å². The number of rotatable bonds is 2. The zero-order valence-corrected chi connectivity index (χ0v) is 13.2. The number of aromatic nitrogens is 6. The van der Waals surface area contributed by atoms with Crippen LogP contribution in [-0.4, -0.2) is 30.1 Å². The minimum Gasteiger partial charge on any atom is -0.368 e. The zero-order chi connectivity index (χ0) is 18.5. The molecule has 26 heavy (non-hydrogen) atoms. The fourth-order valence-corrected chi connectivity index (χ4v) is 2.53. The minimum atomic E-state index is -4.62. The van der Waals surface area contributed by atoms with Crippen LogP contribution in [0.4, 0.5) is 19.1 Å². The molecule has 4 rings (SSSR count). The largest absolute Gasteiger partial charge is 0.419 e. The molecule has 0 saturated carbocycles. The van der Waals surface area contributed by atoms with Gasteiger partial charge in [-0.3, -0.25) is 0 Å². The first-order valence-corrected chi connectivity index (χ1v) is 7.32. The van der Waals surface area contributed by atoms with Gasteiger partial charge in [-0.1, -0.05) is 5.16 Å². The van der Waals surface area contributed by atoms with Gasteiger partial charge < -0.3 is 15.2 Å². The normalized spacial score (nSPS) is 12.0. The van der Waals surface area contributed by atoms with E-state index in [1.54, 1.807) is 19.1 Å². The summed E-state index contributed by atoms with van der Waals surface area (Å²) >= 11 is 0. The van der Waals surface area contributed by atoms with E-state index in [0.29, 0.717) is 28.7 Å². The molecule has 3 N–H and O–H groups in total. The second-order valence-electron chi connectivity index (χ2n) is 5.43. The monoisotopic (exact) mass is 361 g/mol. The number of hydrogen-bond acceptors (Lipinski definition) is 7. The number of aromatic amines is 1. The molecule has 0 radical (unpaired) electrons. The van der Waals surface area contributed by atoms with E-state index in [-0.39, 0.29) is 23.1 Å². The van der Waals surface area contributed by atoms with Crippen LogP contribution in [0.5, 0.6) is 0 Å². The van der Waals surface area contributed by atoms with Crippen LogP contribution in [0.25, 0.3) is 33.9 Å². The number of alkyl halides is 3. The maximum atomic E-state index is 13.3. The number of hydrogen-bond donors (Lipinski definition) is 2. The Morgan fingerprint density at radius 3 is 2.65 bits per heavy atom. The van der Waals surface area contributed by atoms with Gasteiger partial charge in [0.1, 0.15) is 16.9 Å². The number of H-pyrrole nitrogens is 1. The summed E-state index contributed by atoms with van der Waals surface area (Å²) in [4.78, 5) is 18.4. The predicted octanol–water partition coefficient (Wildman–Crippen LogP) is 2.98. The van der Waals surface area contributed by atoms with Crippen molar-refractivity contribution >= 4 is 17.0 Å². The average Bonchev–Trinajstić information content (AvgIpc) is 3.19. The number of nitrogen functional groups attached to an aromatic ring is 1. The molecule has 0 amide bonds. The fraction of sp³-hybridized carbons (Fsp3) is 0.133. The highest BCUT2D eigenvalue weighted by molar-refractivity contribution is 5.94. The highest BCUT2D eigenvalue weighted by atomic mass is 19.4. The Hall–Kier alpha value is -3.50. The lowest BCUT2D eigenvalue weighted by molar-refractivity contribution is -0.137. The van der Waals surface area contributed by atoms with Crippen molar-refractivity contribution in [2.24, 2.45) is 0 Å². The number of nitrogens with zero attached hydrogens (tertiary/aromatic N) is 5. The second-order valence-corrected chi connectivity index (χ2v) is 5.43. The van der Waals surface area contributed by atoms with E-state index in [1.807, 2.05) is 0 Å². The van der Waals surface area contributed by atoms with Crippen LogP contribution in [0.3, 0.4) is 0 Å². The first-order chi connectivity index (χ1) is 12.3. The van der Waals surface area contributed by atoms with Crippen molar-refractivity contribution in [3.8, 4) is 22.8 Å². The molecule has 0 fully saturated rings. The molecule has 0 aromatic carbocycles. The van der Waals surface area contributed by atoms with E-state index in [9.17, 15) is 13.2 Å². The van der Waals surface area contributed by atoms with E-state index >= 15 is 0 Å². The van der Waals surface area contributed by atoms with Gasteiger partial charge >= 0.3 is 6.18 Å². The lowest BCUT2D eigenvalue weighted by Crippen LogP contribution is -2.10. The predicted molar refractivity (Wildman–Crippen MR) is 84.6 cm³/mol. The van der Waals surface area contributed by atoms with Gasteiger partial charge in [0.2, 0.25) is 5.95 Å². The summed E-state index contributed by atoms with van der Waals surface area (Å²) in [6.07, 6.45) is -2.57. The van der Waals surface area contributed by atoms with Crippen LogP contribution < -0.4 is 5.73 Å². The summed E-state index contributed by atoms with van der Waals surface area (Å²) in [7, 11) is 0. The van der Waals surface area contributed by atoms with Crippen molar-refractivity contribution in [1.82, 2.24) is 30.1 Å². The smallest absolute Gasteiger partial charge is 0.368 e. The Balaban J connectivity index is 1.88. The maximum absolute atomic E-state index is 13.3. The molecule has 0 saturated heterocycles. The standard InChI is InChI=1S/C15H10F3N7O/c1-6-22-13(26-25-6)10-3-2-7-8(4-20-12(7)23-10)11-9(15(16,17)18)5-21-14(19)24-11/h2-5H,1H3,(H,20,23)(H2,19,21,24). The maximum Gasteiger partial charge on any atom is 0.419 e. The molecule has 4 aromatic rings. The van der Waals surface area contributed by atoms with Gasteiger partial charge in [0.25, 0.3) is 5.89 Å². The van der Waals surface area contributed by atoms with Gasteiger partial charge in [-0.15, -0.1) is 0 Å². The Labute approximate surface area is 143 Å². The molecule has 0 spiro atoms. The number of halogens is 3. The van der Waals surface area contributed by atoms with Gasteiger partial charge in [0.15, 0.2) is 5.82 Å². The lowest BCUT2D eigenvalue weighted by atomic mass is 10.1. The fourth-order valence-electron chi connectivity index (χ4n) is 2.53. The first kappa shape index (κ1) is 16.0. The van der Waals surface area contributed by atoms with Crippen LogP contribution in [-0.2, 0) is 6.18 Å². The Kier molecular flexibility index (Phi) is 3.39. The summed E-state index contributed by atoms with van der Waals surface area (Å²) in [6.45, 7) is 1.66. The van der Waals surface area contributed by atoms with Crippen LogP contribution in [0.2, 0.25) is 0 Å². The molecule has 132 valence electrons. The third-order valence-electron chi connectivity index (χ3n) is 3.65. The Morgan fingerprint density at radius 1 is 1.15 bits per heavy atom. The topological polar surface area (TPSA) is 119 Å². The third kappa shape index (κ3) is 2.62. The Bertz CT molecular complexity index is 1120. The number of fused-ring (bicyclic) bond motifs is 1. The highest BCUT2D eigenvalue weighted by Crippen LogP contribution is 2.38. The van der Waals surface area contributed by atoms with Crippen molar-refractivity contribution in [3.05, 3.63) is 35.9 Å². The van der Waals surface area contributed by atoms with Gasteiger partial charge in [-0.2, -0.15) is 18.2 Å². The van der Waals surface area contributed by atoms with Gasteiger partial charge in [0, 0.05) is 23.3 Å². The molecule has 0 atom stereocenters. The average molecular weight is 361 g/mol. The van der Waals surface area contributed by atoms with Crippen molar-refractivity contribution < 1.29 is 17.7 Å². The Morgan fingerprint density at radius 2 is 1.96 bits per heavy atom. The molecule has 11 heteroatoms. The highest BCUT2D eigenvalue weighted by Gasteiger charge is 2.36. The van der Waals surface area contributed by atoms with E-state index in [4.69, 9.17) is 10.3 Å². The zero-order valence-electron chi connectivity index (χ0n) is 13.2. The van der Waals surface area contributed by atoms with E-state index in [2.05, 4.69) is 30.1 Å². The van der Waals surface area contributed by atoms with Crippen LogP contribution >= 0.6 is 0 Å². The molecule has 0 bridgehead atoms. The summed E-state index contributed by atoms with van der Waals surface area (Å²) in [5.41, 5.74) is 5.13. The van der Waals surface area contributed by atoms with Crippen molar-refractivity contribution in [3.63, 3.8) is 0 Å². The minimum absolute atomic E-state index is 0.210. The third-order valence-corrected chi connectivity index (χ3v) is 3.65. The molecule has 4 aromatic heterocycles. The van der Waals surface area contributed by atoms with Gasteiger partial charge in [-0.25, -0.2) is 15.0 Å². The summed E-state index contributed by atoms with van der Waals surface area (Å²) in [5.74, 6) is 0.399. The number of nitrogens with one attached hydrogen (secondary N) is 1. The van der Waals surface area contributed by atoms with Gasteiger partial charge in [-0.05, 0) is 19.1 Å². The molecule has 8 nitrogen and oxygen atoms in total. The van der Waals surface area contributed by atoms with Crippen molar-refractivity contribution in [1.29, 1.82) is 0 Å². The molecule has 0 aliphatic carbocycles. The second kappa shape index (κ2) is 5.51. The van der Waals surface area contributed by atoms with E-state index in [1.165, 1.54) is 6.20 Å². The van der Waals surface area contributed by atoms with Crippen molar-refractivity contribution in [2.45, 2.75) is 13.1 Å². The van der Waals surface area contributed by atoms with E-state index in [0.717, 1.165) is 0 Å². The number of anilines is 1. The SMILES string of the molecule is Cc1noc(-c2ccc3c(-c4nc(N)ncc4C(F)(F)F)c[nH]c3n2)n1. The molecule has 0 aliphatic heterocycles.